The first-order chi connectivity index (χ1) is 8.56. The van der Waals surface area contributed by atoms with Gasteiger partial charge in [-0.15, -0.1) is 0 Å². The van der Waals surface area contributed by atoms with Crippen LogP contribution in [-0.4, -0.2) is 30.4 Å². The topological polar surface area (TPSA) is 46.3 Å². The number of nitrogens with zero attached hydrogens (tertiary/aromatic N) is 1. The van der Waals surface area contributed by atoms with Gasteiger partial charge in [0.25, 0.3) is 0 Å². The van der Waals surface area contributed by atoms with Crippen molar-refractivity contribution in [2.24, 2.45) is 17.6 Å². The average Bonchev–Trinajstić information content (AvgIpc) is 2.37. The van der Waals surface area contributed by atoms with Crippen LogP contribution >= 0.6 is 0 Å². The van der Waals surface area contributed by atoms with Crippen LogP contribution in [0.4, 0.5) is 0 Å². The van der Waals surface area contributed by atoms with Crippen molar-refractivity contribution in [3.63, 3.8) is 0 Å². The van der Waals surface area contributed by atoms with E-state index in [2.05, 4.69) is 13.8 Å². The predicted octanol–water partition coefficient (Wildman–Crippen LogP) is 2.79. The summed E-state index contributed by atoms with van der Waals surface area (Å²) in [4.78, 5) is 14.2. The van der Waals surface area contributed by atoms with E-state index >= 15 is 0 Å². The maximum Gasteiger partial charge on any atom is 0.225 e. The van der Waals surface area contributed by atoms with Gasteiger partial charge in [0.1, 0.15) is 0 Å². The van der Waals surface area contributed by atoms with Crippen LogP contribution in [0, 0.1) is 11.8 Å². The molecular weight excluding hydrogens is 224 g/mol. The molecule has 0 aliphatic heterocycles. The third-order valence-electron chi connectivity index (χ3n) is 4.33. The lowest BCUT2D eigenvalue weighted by Crippen LogP contribution is -2.39. The molecule has 0 spiro atoms. The van der Waals surface area contributed by atoms with Crippen molar-refractivity contribution in [1.29, 1.82) is 0 Å². The number of unbranched alkanes of at least 4 members (excludes halogenated alkanes) is 2. The maximum absolute atomic E-state index is 12.3. The Hall–Kier alpha value is -0.570. The summed E-state index contributed by atoms with van der Waals surface area (Å²) in [6, 6.07) is 0.310. The van der Waals surface area contributed by atoms with Crippen LogP contribution < -0.4 is 5.73 Å². The second-order valence-electron chi connectivity index (χ2n) is 5.94. The van der Waals surface area contributed by atoms with Gasteiger partial charge in [0.05, 0.1) is 0 Å². The number of hydrogen-bond donors (Lipinski definition) is 1. The quantitative estimate of drug-likeness (QED) is 0.741. The van der Waals surface area contributed by atoms with Crippen molar-refractivity contribution in [1.82, 2.24) is 4.90 Å². The van der Waals surface area contributed by atoms with Gasteiger partial charge in [-0.1, -0.05) is 33.1 Å². The summed E-state index contributed by atoms with van der Waals surface area (Å²) in [5.74, 6) is 0.947. The smallest absolute Gasteiger partial charge is 0.225 e. The van der Waals surface area contributed by atoms with Crippen molar-refractivity contribution >= 4 is 5.91 Å². The van der Waals surface area contributed by atoms with E-state index in [-0.39, 0.29) is 5.92 Å². The van der Waals surface area contributed by atoms with Crippen LogP contribution in [0.1, 0.15) is 58.8 Å². The molecule has 1 fully saturated rings. The molecule has 0 radical (unpaired) electrons. The fraction of sp³-hybridized carbons (Fsp3) is 0.933. The minimum absolute atomic E-state index is 0.142. The predicted molar refractivity (Wildman–Crippen MR) is 76.3 cm³/mol. The highest BCUT2D eigenvalue weighted by Crippen LogP contribution is 2.30. The molecule has 1 rings (SSSR count). The lowest BCUT2D eigenvalue weighted by atomic mass is 9.78. The number of carbonyl (C=O) groups is 1. The number of carbonyl (C=O) groups excluding carboxylic acids is 1. The minimum Gasteiger partial charge on any atom is -0.346 e. The Morgan fingerprint density at radius 3 is 2.72 bits per heavy atom. The second kappa shape index (κ2) is 7.78. The normalized spacial score (nSPS) is 25.8. The Balaban J connectivity index is 2.39. The molecule has 0 heterocycles. The highest BCUT2D eigenvalue weighted by molar-refractivity contribution is 5.78. The van der Waals surface area contributed by atoms with Crippen molar-refractivity contribution < 1.29 is 4.79 Å². The van der Waals surface area contributed by atoms with E-state index < -0.39 is 0 Å². The van der Waals surface area contributed by atoms with Gasteiger partial charge in [0.2, 0.25) is 5.91 Å². The van der Waals surface area contributed by atoms with E-state index in [4.69, 9.17) is 5.73 Å². The molecule has 3 nitrogen and oxygen atoms in total. The van der Waals surface area contributed by atoms with Crippen LogP contribution in [0.2, 0.25) is 0 Å². The highest BCUT2D eigenvalue weighted by atomic mass is 16.2. The van der Waals surface area contributed by atoms with Crippen molar-refractivity contribution in [3.05, 3.63) is 0 Å². The SMILES string of the molecule is CCCCCN(C)C(=O)C(C)C1CCCC(N)C1. The van der Waals surface area contributed by atoms with Gasteiger partial charge in [-0.25, -0.2) is 0 Å². The van der Waals surface area contributed by atoms with E-state index in [1.54, 1.807) is 0 Å². The number of nitrogens with two attached hydrogens (primary N) is 1. The molecule has 0 aromatic rings. The van der Waals surface area contributed by atoms with Crippen LogP contribution in [0.15, 0.2) is 0 Å². The Labute approximate surface area is 112 Å². The molecule has 18 heavy (non-hydrogen) atoms. The average molecular weight is 254 g/mol. The minimum atomic E-state index is 0.142. The monoisotopic (exact) mass is 254 g/mol. The number of hydrogen-bond acceptors (Lipinski definition) is 2. The fourth-order valence-corrected chi connectivity index (χ4v) is 2.98. The van der Waals surface area contributed by atoms with E-state index in [0.717, 1.165) is 25.8 Å². The summed E-state index contributed by atoms with van der Waals surface area (Å²) in [6.45, 7) is 5.17. The van der Waals surface area contributed by atoms with Gasteiger partial charge in [0, 0.05) is 25.6 Å². The van der Waals surface area contributed by atoms with Gasteiger partial charge in [-0.05, 0) is 31.6 Å². The number of amides is 1. The van der Waals surface area contributed by atoms with Crippen LogP contribution in [0.25, 0.3) is 0 Å². The molecule has 1 aliphatic carbocycles. The summed E-state index contributed by atoms with van der Waals surface area (Å²) in [5, 5.41) is 0. The summed E-state index contributed by atoms with van der Waals surface area (Å²) >= 11 is 0. The van der Waals surface area contributed by atoms with Gasteiger partial charge in [0.15, 0.2) is 0 Å². The lowest BCUT2D eigenvalue weighted by Gasteiger charge is -2.32. The van der Waals surface area contributed by atoms with Crippen LogP contribution in [-0.2, 0) is 4.79 Å². The third kappa shape index (κ3) is 4.60. The molecule has 3 unspecified atom stereocenters. The fourth-order valence-electron chi connectivity index (χ4n) is 2.98. The molecule has 2 N–H and O–H groups in total. The maximum atomic E-state index is 12.3. The van der Waals surface area contributed by atoms with Crippen LogP contribution in [0.5, 0.6) is 0 Å². The van der Waals surface area contributed by atoms with Gasteiger partial charge in [-0.2, -0.15) is 0 Å². The van der Waals surface area contributed by atoms with E-state index in [1.165, 1.54) is 25.7 Å². The Morgan fingerprint density at radius 2 is 2.11 bits per heavy atom. The first-order valence-electron chi connectivity index (χ1n) is 7.56. The molecule has 106 valence electrons. The third-order valence-corrected chi connectivity index (χ3v) is 4.33. The van der Waals surface area contributed by atoms with Crippen molar-refractivity contribution in [2.75, 3.05) is 13.6 Å². The molecule has 1 aliphatic rings. The molecule has 0 saturated heterocycles. The number of rotatable bonds is 6. The van der Waals surface area contributed by atoms with Gasteiger partial charge in [-0.3, -0.25) is 4.79 Å². The Kier molecular flexibility index (Phi) is 6.69. The molecule has 0 aromatic heterocycles. The Morgan fingerprint density at radius 1 is 1.39 bits per heavy atom. The van der Waals surface area contributed by atoms with Crippen LogP contribution in [0.3, 0.4) is 0 Å². The summed E-state index contributed by atoms with van der Waals surface area (Å²) in [7, 11) is 1.94. The van der Waals surface area contributed by atoms with E-state index in [9.17, 15) is 4.79 Å². The standard InChI is InChI=1S/C15H30N2O/c1-4-5-6-10-17(3)15(18)12(2)13-8-7-9-14(16)11-13/h12-14H,4-11,16H2,1-3H3. The first-order valence-corrected chi connectivity index (χ1v) is 7.56. The zero-order valence-electron chi connectivity index (χ0n) is 12.3. The summed E-state index contributed by atoms with van der Waals surface area (Å²) in [6.07, 6.45) is 8.04. The zero-order valence-corrected chi connectivity index (χ0v) is 12.3. The van der Waals surface area contributed by atoms with Gasteiger partial charge >= 0.3 is 0 Å². The zero-order chi connectivity index (χ0) is 13.5. The molecular formula is C15H30N2O. The molecule has 3 atom stereocenters. The van der Waals surface area contributed by atoms with E-state index in [0.29, 0.717) is 17.9 Å². The van der Waals surface area contributed by atoms with Gasteiger partial charge < -0.3 is 10.6 Å². The largest absolute Gasteiger partial charge is 0.346 e. The molecule has 1 amide bonds. The summed E-state index contributed by atoms with van der Waals surface area (Å²) < 4.78 is 0. The highest BCUT2D eigenvalue weighted by Gasteiger charge is 2.29. The molecule has 1 saturated carbocycles. The van der Waals surface area contributed by atoms with Crippen molar-refractivity contribution in [3.8, 4) is 0 Å². The second-order valence-corrected chi connectivity index (χ2v) is 5.94. The summed E-state index contributed by atoms with van der Waals surface area (Å²) in [5.41, 5.74) is 6.01. The molecule has 0 bridgehead atoms. The van der Waals surface area contributed by atoms with Crippen molar-refractivity contribution in [2.45, 2.75) is 64.8 Å². The Bertz CT molecular complexity index is 255. The molecule has 0 aromatic carbocycles. The van der Waals surface area contributed by atoms with E-state index in [1.807, 2.05) is 11.9 Å². The molecule has 3 heteroatoms. The lowest BCUT2D eigenvalue weighted by molar-refractivity contribution is -0.135. The first kappa shape index (κ1) is 15.5.